The molecule has 0 saturated carbocycles. The third kappa shape index (κ3) is 8.29. The maximum absolute atomic E-state index is 13.8. The lowest BCUT2D eigenvalue weighted by Crippen LogP contribution is -2.40. The Bertz CT molecular complexity index is 1950. The van der Waals surface area contributed by atoms with Gasteiger partial charge in [0.15, 0.2) is 0 Å². The number of alkyl halides is 3. The van der Waals surface area contributed by atoms with Gasteiger partial charge < -0.3 is 9.80 Å². The summed E-state index contributed by atoms with van der Waals surface area (Å²) >= 11 is 0. The standard InChI is InChI=1S/C30H32F3N7O2.C6H6/c1-19(2)36-28(41)38-27(20(3)37(29(38)42)24-9-7-8-23(17-24)30(31,32)33)26-12-14-35-39(26)25-11-10-21(18-34)16-22(25)13-15-40(4,5)6;1-2-4-6-5-3-1/h7-12,14,16-17,19H,13,15H2,1-6H3;1-6H/p+1. The van der Waals surface area contributed by atoms with Crippen molar-refractivity contribution in [1.82, 2.24) is 24.2 Å². The van der Waals surface area contributed by atoms with Crippen molar-refractivity contribution in [3.8, 4) is 28.8 Å². The summed E-state index contributed by atoms with van der Waals surface area (Å²) < 4.78 is 44.9. The van der Waals surface area contributed by atoms with Crippen molar-refractivity contribution >= 4 is 6.03 Å². The highest BCUT2D eigenvalue weighted by atomic mass is 19.4. The molecule has 48 heavy (non-hydrogen) atoms. The average molecular weight is 659 g/mol. The van der Waals surface area contributed by atoms with Gasteiger partial charge in [-0.15, -0.1) is 0 Å². The average Bonchev–Trinajstić information content (AvgIpc) is 3.61. The minimum Gasteiger partial charge on any atom is -0.335 e. The number of hydrogen-bond donors (Lipinski definition) is 1. The molecule has 1 N–H and O–H groups in total. The van der Waals surface area contributed by atoms with Gasteiger partial charge in [-0.25, -0.2) is 18.8 Å². The summed E-state index contributed by atoms with van der Waals surface area (Å²) in [4.78, 5) is 27.2. The number of nitriles is 1. The lowest BCUT2D eigenvalue weighted by Gasteiger charge is -2.24. The Balaban J connectivity index is 0.000000780. The number of likely N-dealkylation sites (N-methyl/N-ethyl adjacent to an activating group) is 1. The molecule has 0 bridgehead atoms. The molecular weight excluding hydrogens is 619 g/mol. The Kier molecular flexibility index (Phi) is 10.8. The molecule has 0 unspecified atom stereocenters. The Hall–Kier alpha value is -5.41. The predicted molar refractivity (Wildman–Crippen MR) is 179 cm³/mol. The highest BCUT2D eigenvalue weighted by molar-refractivity contribution is 5.83. The largest absolute Gasteiger partial charge is 0.416 e. The number of carbonyl (C=O) groups excluding carboxylic acids is 1. The molecule has 5 rings (SSSR count). The first-order chi connectivity index (χ1) is 22.6. The third-order valence-corrected chi connectivity index (χ3v) is 7.37. The van der Waals surface area contributed by atoms with E-state index in [-0.39, 0.29) is 23.1 Å². The summed E-state index contributed by atoms with van der Waals surface area (Å²) in [5, 5.41) is 16.8. The van der Waals surface area contributed by atoms with Crippen LogP contribution in [0, 0.1) is 18.3 Å². The molecule has 1 amide bonds. The molecule has 0 aliphatic carbocycles. The highest BCUT2D eigenvalue weighted by Gasteiger charge is 2.32. The number of aromatic nitrogens is 4. The molecule has 0 aliphatic heterocycles. The molecule has 2 heterocycles. The van der Waals surface area contributed by atoms with Gasteiger partial charge in [-0.1, -0.05) is 42.5 Å². The van der Waals surface area contributed by atoms with Gasteiger partial charge in [0.2, 0.25) is 0 Å². The van der Waals surface area contributed by atoms with E-state index >= 15 is 0 Å². The molecule has 0 aliphatic rings. The van der Waals surface area contributed by atoms with E-state index in [0.717, 1.165) is 33.4 Å². The van der Waals surface area contributed by atoms with E-state index in [1.54, 1.807) is 49.7 Å². The number of benzene rings is 3. The van der Waals surface area contributed by atoms with Crippen molar-refractivity contribution in [3.63, 3.8) is 0 Å². The first-order valence-electron chi connectivity index (χ1n) is 15.3. The van der Waals surface area contributed by atoms with E-state index in [1.807, 2.05) is 36.4 Å². The van der Waals surface area contributed by atoms with Gasteiger partial charge in [0, 0.05) is 12.5 Å². The minimum atomic E-state index is -4.62. The van der Waals surface area contributed by atoms with Gasteiger partial charge in [0.25, 0.3) is 0 Å². The molecule has 3 aromatic carbocycles. The lowest BCUT2D eigenvalue weighted by atomic mass is 10.0. The molecular formula is C36H39F3N7O2+. The summed E-state index contributed by atoms with van der Waals surface area (Å²) in [7, 11) is 6.16. The zero-order chi connectivity index (χ0) is 35.2. The maximum atomic E-state index is 13.8. The van der Waals surface area contributed by atoms with Crippen molar-refractivity contribution in [2.24, 2.45) is 0 Å². The lowest BCUT2D eigenvalue weighted by molar-refractivity contribution is -0.870. The van der Waals surface area contributed by atoms with Crippen LogP contribution in [0.2, 0.25) is 0 Å². The summed E-state index contributed by atoms with van der Waals surface area (Å²) in [6, 6.07) is 24.4. The van der Waals surface area contributed by atoms with Crippen LogP contribution in [0.5, 0.6) is 0 Å². The van der Waals surface area contributed by atoms with Gasteiger partial charge in [-0.2, -0.15) is 23.5 Å². The minimum absolute atomic E-state index is 0.0299. The summed E-state index contributed by atoms with van der Waals surface area (Å²) in [5.74, 6) is 0. The van der Waals surface area contributed by atoms with Crippen molar-refractivity contribution < 1.29 is 22.4 Å². The number of quaternary nitrogens is 1. The van der Waals surface area contributed by atoms with Crippen LogP contribution in [0.3, 0.4) is 0 Å². The fourth-order valence-electron chi connectivity index (χ4n) is 5.11. The second-order valence-electron chi connectivity index (χ2n) is 12.5. The number of amides is 1. The van der Waals surface area contributed by atoms with Crippen molar-refractivity contribution in [3.05, 3.63) is 124 Å². The van der Waals surface area contributed by atoms with Crippen LogP contribution in [-0.2, 0) is 12.6 Å². The molecule has 2 aromatic heterocycles. The molecule has 0 saturated heterocycles. The summed E-state index contributed by atoms with van der Waals surface area (Å²) in [5.41, 5.74) is 0.998. The van der Waals surface area contributed by atoms with Crippen molar-refractivity contribution in [2.75, 3.05) is 27.7 Å². The zero-order valence-corrected chi connectivity index (χ0v) is 27.8. The van der Waals surface area contributed by atoms with Gasteiger partial charge in [0.1, 0.15) is 5.69 Å². The Morgan fingerprint density at radius 1 is 0.979 bits per heavy atom. The number of rotatable bonds is 7. The SMILES string of the molecule is Cc1c(-c2ccnn2-c2ccc(C#N)cc2CC[N+](C)(C)C)n(C(=O)NC(C)C)c(=O)n1-c1cccc(C(F)(F)F)c1.c1ccccc1. The zero-order valence-electron chi connectivity index (χ0n) is 27.8. The van der Waals surface area contributed by atoms with Gasteiger partial charge in [-0.3, -0.25) is 4.57 Å². The van der Waals surface area contributed by atoms with Crippen molar-refractivity contribution in [2.45, 2.75) is 39.4 Å². The van der Waals surface area contributed by atoms with Gasteiger partial charge in [-0.05, 0) is 68.8 Å². The Morgan fingerprint density at radius 3 is 2.19 bits per heavy atom. The maximum Gasteiger partial charge on any atom is 0.416 e. The quantitative estimate of drug-likeness (QED) is 0.200. The van der Waals surface area contributed by atoms with E-state index in [4.69, 9.17) is 0 Å². The number of carbonyl (C=O) groups is 1. The molecule has 9 nitrogen and oxygen atoms in total. The molecule has 0 atom stereocenters. The molecule has 0 spiro atoms. The third-order valence-electron chi connectivity index (χ3n) is 7.37. The topological polar surface area (TPSA) is 97.6 Å². The Morgan fingerprint density at radius 2 is 1.62 bits per heavy atom. The normalized spacial score (nSPS) is 11.5. The number of imidazole rings is 1. The molecule has 5 aromatic rings. The van der Waals surface area contributed by atoms with Crippen LogP contribution >= 0.6 is 0 Å². The van der Waals surface area contributed by atoms with Crippen LogP contribution in [0.25, 0.3) is 22.8 Å². The summed E-state index contributed by atoms with van der Waals surface area (Å²) in [6.07, 6.45) is -2.49. The first-order valence-corrected chi connectivity index (χ1v) is 15.3. The van der Waals surface area contributed by atoms with Crippen LogP contribution in [0.15, 0.2) is 95.9 Å². The van der Waals surface area contributed by atoms with E-state index in [0.29, 0.717) is 27.8 Å². The van der Waals surface area contributed by atoms with Gasteiger partial charge in [0.05, 0.1) is 73.8 Å². The first kappa shape index (κ1) is 35.4. The number of nitrogens with zero attached hydrogens (tertiary/aromatic N) is 6. The summed E-state index contributed by atoms with van der Waals surface area (Å²) in [6.45, 7) is 5.80. The van der Waals surface area contributed by atoms with E-state index in [9.17, 15) is 28.0 Å². The highest BCUT2D eigenvalue weighted by Crippen LogP contribution is 2.32. The monoisotopic (exact) mass is 658 g/mol. The van der Waals surface area contributed by atoms with E-state index in [1.165, 1.54) is 18.3 Å². The van der Waals surface area contributed by atoms with Crippen LogP contribution in [-0.4, -0.2) is 63.2 Å². The van der Waals surface area contributed by atoms with E-state index in [2.05, 4.69) is 37.6 Å². The van der Waals surface area contributed by atoms with E-state index < -0.39 is 23.5 Å². The van der Waals surface area contributed by atoms with Crippen LogP contribution in [0.4, 0.5) is 18.0 Å². The fourth-order valence-corrected chi connectivity index (χ4v) is 5.11. The number of nitrogens with one attached hydrogen (secondary N) is 1. The van der Waals surface area contributed by atoms with Crippen LogP contribution < -0.4 is 11.0 Å². The van der Waals surface area contributed by atoms with Crippen LogP contribution in [0.1, 0.15) is 36.2 Å². The number of halogens is 3. The van der Waals surface area contributed by atoms with Gasteiger partial charge >= 0.3 is 17.9 Å². The molecule has 250 valence electrons. The molecule has 0 radical (unpaired) electrons. The second kappa shape index (κ2) is 14.6. The smallest absolute Gasteiger partial charge is 0.335 e. The molecule has 0 fully saturated rings. The predicted octanol–water partition coefficient (Wildman–Crippen LogP) is 6.59. The second-order valence-corrected chi connectivity index (χ2v) is 12.5. The van der Waals surface area contributed by atoms with Crippen molar-refractivity contribution in [1.29, 1.82) is 5.26 Å². The number of hydrogen-bond acceptors (Lipinski definition) is 4. The fraction of sp³-hybridized carbons (Fsp3) is 0.278. The Labute approximate surface area is 277 Å². The molecule has 12 heteroatoms.